The zero-order valence-electron chi connectivity index (χ0n) is 5.96. The van der Waals surface area contributed by atoms with Crippen LogP contribution in [-0.4, -0.2) is 17.5 Å². The van der Waals surface area contributed by atoms with Gasteiger partial charge in [0.15, 0.2) is 0 Å². The molecule has 1 fully saturated rings. The Hall–Kier alpha value is -0.670. The summed E-state index contributed by atoms with van der Waals surface area (Å²) in [5.41, 5.74) is 0. The van der Waals surface area contributed by atoms with Gasteiger partial charge in [-0.3, -0.25) is 4.79 Å². The van der Waals surface area contributed by atoms with Crippen LogP contribution < -0.4 is 0 Å². The Morgan fingerprint density at radius 1 is 1.45 bits per heavy atom. The summed E-state index contributed by atoms with van der Waals surface area (Å²) >= 11 is 0. The first kappa shape index (κ1) is 8.43. The topological polar surface area (TPSA) is 37.3 Å². The number of rotatable bonds is 2. The van der Waals surface area contributed by atoms with E-state index >= 15 is 0 Å². The molecule has 2 nitrogen and oxygen atoms in total. The summed E-state index contributed by atoms with van der Waals surface area (Å²) in [5, 5.41) is 8.50. The quantitative estimate of drug-likeness (QED) is 0.675. The van der Waals surface area contributed by atoms with Crippen LogP contribution in [0.2, 0.25) is 0 Å². The molecule has 0 aliphatic heterocycles. The van der Waals surface area contributed by atoms with Crippen LogP contribution in [0.5, 0.6) is 0 Å². The van der Waals surface area contributed by atoms with Gasteiger partial charge in [0.05, 0.1) is 5.92 Å². The Morgan fingerprint density at radius 3 is 2.45 bits per heavy atom. The van der Waals surface area contributed by atoms with E-state index in [0.29, 0.717) is 19.3 Å². The standard InChI is InChI=1S/C7H10F2O2/c8-6(9)4-2-1-3-5(4)7(10)11/h4-6H,1-3H2,(H,10,11)/t4-,5+/m0/s1. The fraction of sp³-hybridized carbons (Fsp3) is 0.857. The molecule has 0 unspecified atom stereocenters. The van der Waals surface area contributed by atoms with Crippen molar-refractivity contribution >= 4 is 5.97 Å². The van der Waals surface area contributed by atoms with E-state index in [0.717, 1.165) is 0 Å². The van der Waals surface area contributed by atoms with Gasteiger partial charge in [0.2, 0.25) is 6.43 Å². The van der Waals surface area contributed by atoms with E-state index in [1.807, 2.05) is 0 Å². The molecule has 1 N–H and O–H groups in total. The lowest BCUT2D eigenvalue weighted by molar-refractivity contribution is -0.145. The number of carboxylic acids is 1. The van der Waals surface area contributed by atoms with E-state index in [1.165, 1.54) is 0 Å². The fourth-order valence-corrected chi connectivity index (χ4v) is 1.60. The number of hydrogen-bond acceptors (Lipinski definition) is 1. The Labute approximate surface area is 63.2 Å². The summed E-state index contributed by atoms with van der Waals surface area (Å²) in [6.45, 7) is 0. The van der Waals surface area contributed by atoms with Gasteiger partial charge in [-0.2, -0.15) is 0 Å². The Morgan fingerprint density at radius 2 is 2.09 bits per heavy atom. The van der Waals surface area contributed by atoms with Gasteiger partial charge in [-0.15, -0.1) is 0 Å². The molecule has 1 saturated carbocycles. The molecule has 0 radical (unpaired) electrons. The Kier molecular flexibility index (Phi) is 2.42. The summed E-state index contributed by atoms with van der Waals surface area (Å²) in [6, 6.07) is 0. The van der Waals surface area contributed by atoms with Crippen molar-refractivity contribution in [2.75, 3.05) is 0 Å². The summed E-state index contributed by atoms with van der Waals surface area (Å²) < 4.78 is 24.2. The molecule has 0 aromatic heterocycles. The Balaban J connectivity index is 2.58. The fourth-order valence-electron chi connectivity index (χ4n) is 1.60. The normalized spacial score (nSPS) is 31.2. The highest BCUT2D eigenvalue weighted by atomic mass is 19.3. The van der Waals surface area contributed by atoms with Crippen LogP contribution in [0.25, 0.3) is 0 Å². The van der Waals surface area contributed by atoms with Gasteiger partial charge in [-0.25, -0.2) is 8.78 Å². The maximum atomic E-state index is 12.1. The average molecular weight is 164 g/mol. The van der Waals surface area contributed by atoms with E-state index in [4.69, 9.17) is 5.11 Å². The lowest BCUT2D eigenvalue weighted by Crippen LogP contribution is -2.23. The minimum Gasteiger partial charge on any atom is -0.481 e. The van der Waals surface area contributed by atoms with E-state index in [2.05, 4.69) is 0 Å². The molecule has 1 aliphatic rings. The summed E-state index contributed by atoms with van der Waals surface area (Å²) in [5.74, 6) is -2.80. The van der Waals surface area contributed by atoms with Gasteiger partial charge in [0.1, 0.15) is 0 Å². The second-order valence-electron chi connectivity index (χ2n) is 2.87. The number of halogens is 2. The molecule has 11 heavy (non-hydrogen) atoms. The zero-order valence-corrected chi connectivity index (χ0v) is 5.96. The van der Waals surface area contributed by atoms with Crippen molar-refractivity contribution < 1.29 is 18.7 Å². The van der Waals surface area contributed by atoms with E-state index in [1.54, 1.807) is 0 Å². The molecular weight excluding hydrogens is 154 g/mol. The maximum absolute atomic E-state index is 12.1. The van der Waals surface area contributed by atoms with Crippen LogP contribution in [0.1, 0.15) is 19.3 Å². The van der Waals surface area contributed by atoms with Crippen LogP contribution in [0, 0.1) is 11.8 Å². The minimum absolute atomic E-state index is 0.356. The molecular formula is C7H10F2O2. The first-order valence-electron chi connectivity index (χ1n) is 3.64. The summed E-state index contributed by atoms with van der Waals surface area (Å²) in [4.78, 5) is 10.4. The van der Waals surface area contributed by atoms with Crippen LogP contribution in [0.3, 0.4) is 0 Å². The summed E-state index contributed by atoms with van der Waals surface area (Å²) in [7, 11) is 0. The number of carboxylic acid groups (broad SMARTS) is 1. The van der Waals surface area contributed by atoms with Crippen molar-refractivity contribution in [1.82, 2.24) is 0 Å². The molecule has 0 bridgehead atoms. The highest BCUT2D eigenvalue weighted by Crippen LogP contribution is 2.35. The van der Waals surface area contributed by atoms with Crippen molar-refractivity contribution in [2.24, 2.45) is 11.8 Å². The highest BCUT2D eigenvalue weighted by Gasteiger charge is 2.38. The molecule has 0 aromatic carbocycles. The third-order valence-corrected chi connectivity index (χ3v) is 2.21. The van der Waals surface area contributed by atoms with E-state index < -0.39 is 24.2 Å². The molecule has 4 heteroatoms. The van der Waals surface area contributed by atoms with Gasteiger partial charge in [0.25, 0.3) is 0 Å². The molecule has 0 spiro atoms. The molecule has 1 rings (SSSR count). The van der Waals surface area contributed by atoms with Crippen molar-refractivity contribution in [3.63, 3.8) is 0 Å². The minimum atomic E-state index is -2.47. The first-order chi connectivity index (χ1) is 5.13. The molecule has 0 amide bonds. The molecule has 0 heterocycles. The molecule has 0 aromatic rings. The van der Waals surface area contributed by atoms with Crippen LogP contribution in [0.4, 0.5) is 8.78 Å². The van der Waals surface area contributed by atoms with Crippen molar-refractivity contribution in [3.05, 3.63) is 0 Å². The van der Waals surface area contributed by atoms with Crippen molar-refractivity contribution in [1.29, 1.82) is 0 Å². The smallest absolute Gasteiger partial charge is 0.306 e. The van der Waals surface area contributed by atoms with Crippen molar-refractivity contribution in [2.45, 2.75) is 25.7 Å². The molecule has 1 aliphatic carbocycles. The Bertz CT molecular complexity index is 159. The van der Waals surface area contributed by atoms with Crippen LogP contribution in [0.15, 0.2) is 0 Å². The molecule has 64 valence electrons. The maximum Gasteiger partial charge on any atom is 0.306 e. The van der Waals surface area contributed by atoms with Gasteiger partial charge >= 0.3 is 5.97 Å². The lowest BCUT2D eigenvalue weighted by atomic mass is 9.97. The number of hydrogen-bond donors (Lipinski definition) is 1. The average Bonchev–Trinajstić information content (AvgIpc) is 2.32. The number of alkyl halides is 2. The van der Waals surface area contributed by atoms with E-state index in [-0.39, 0.29) is 0 Å². The van der Waals surface area contributed by atoms with Gasteiger partial charge in [-0.1, -0.05) is 6.42 Å². The SMILES string of the molecule is O=C(O)[C@@H]1CCC[C@@H]1C(F)F. The summed E-state index contributed by atoms with van der Waals surface area (Å²) in [6.07, 6.45) is -1.09. The number of carbonyl (C=O) groups is 1. The number of aliphatic carboxylic acids is 1. The predicted molar refractivity (Wildman–Crippen MR) is 34.5 cm³/mol. The second kappa shape index (κ2) is 3.15. The third kappa shape index (κ3) is 1.67. The lowest BCUT2D eigenvalue weighted by Gasteiger charge is -2.13. The largest absolute Gasteiger partial charge is 0.481 e. The molecule has 0 saturated heterocycles. The second-order valence-corrected chi connectivity index (χ2v) is 2.87. The van der Waals surface area contributed by atoms with Gasteiger partial charge in [0, 0.05) is 5.92 Å². The monoisotopic (exact) mass is 164 g/mol. The first-order valence-corrected chi connectivity index (χ1v) is 3.64. The highest BCUT2D eigenvalue weighted by molar-refractivity contribution is 5.70. The van der Waals surface area contributed by atoms with Crippen LogP contribution in [-0.2, 0) is 4.79 Å². The van der Waals surface area contributed by atoms with Gasteiger partial charge < -0.3 is 5.11 Å². The predicted octanol–water partition coefficient (Wildman–Crippen LogP) is 1.75. The van der Waals surface area contributed by atoms with E-state index in [9.17, 15) is 13.6 Å². The zero-order chi connectivity index (χ0) is 8.43. The van der Waals surface area contributed by atoms with Crippen LogP contribution >= 0.6 is 0 Å². The third-order valence-electron chi connectivity index (χ3n) is 2.21. The van der Waals surface area contributed by atoms with Gasteiger partial charge in [-0.05, 0) is 12.8 Å². The molecule has 2 atom stereocenters. The van der Waals surface area contributed by atoms with Crippen molar-refractivity contribution in [3.8, 4) is 0 Å².